The van der Waals surface area contributed by atoms with Crippen molar-refractivity contribution in [3.63, 3.8) is 0 Å². The highest BCUT2D eigenvalue weighted by Gasteiger charge is 2.25. The van der Waals surface area contributed by atoms with Gasteiger partial charge in [0, 0.05) is 51.7 Å². The lowest BCUT2D eigenvalue weighted by Gasteiger charge is -2.40. The molecule has 0 aromatic heterocycles. The molecule has 1 aromatic rings. The zero-order chi connectivity index (χ0) is 17.5. The minimum absolute atomic E-state index is 0.160. The Kier molecular flexibility index (Phi) is 7.20. The second kappa shape index (κ2) is 9.60. The molecule has 3 rings (SSSR count). The Morgan fingerprint density at radius 1 is 1.12 bits per heavy atom. The van der Waals surface area contributed by atoms with Gasteiger partial charge in [-0.25, -0.2) is 0 Å². The average molecular weight is 362 g/mol. The molecule has 0 spiro atoms. The van der Waals surface area contributed by atoms with Gasteiger partial charge in [-0.2, -0.15) is 11.8 Å². The molecule has 0 aliphatic carbocycles. The summed E-state index contributed by atoms with van der Waals surface area (Å²) in [5.41, 5.74) is 2.42. The van der Waals surface area contributed by atoms with E-state index in [1.807, 2.05) is 0 Å². The predicted octanol–water partition coefficient (Wildman–Crippen LogP) is 2.51. The summed E-state index contributed by atoms with van der Waals surface area (Å²) in [6, 6.07) is 9.15. The number of hydrogen-bond acceptors (Lipinski definition) is 4. The first kappa shape index (κ1) is 18.7. The summed E-state index contributed by atoms with van der Waals surface area (Å²) in [5.74, 6) is 2.81. The summed E-state index contributed by atoms with van der Waals surface area (Å²) < 4.78 is 0. The van der Waals surface area contributed by atoms with E-state index >= 15 is 0 Å². The van der Waals surface area contributed by atoms with E-state index in [-0.39, 0.29) is 5.91 Å². The van der Waals surface area contributed by atoms with Gasteiger partial charge in [-0.1, -0.05) is 29.8 Å². The molecule has 2 saturated heterocycles. The lowest BCUT2D eigenvalue weighted by Crippen LogP contribution is -2.51. The molecule has 0 unspecified atom stereocenters. The Morgan fingerprint density at radius 2 is 1.80 bits per heavy atom. The van der Waals surface area contributed by atoms with E-state index < -0.39 is 0 Å². The third-order valence-corrected chi connectivity index (χ3v) is 6.43. The topological polar surface area (TPSA) is 35.6 Å². The van der Waals surface area contributed by atoms with Crippen LogP contribution in [0.1, 0.15) is 30.4 Å². The Morgan fingerprint density at radius 3 is 2.48 bits per heavy atom. The number of aryl methyl sites for hydroxylation is 1. The standard InChI is InChI=1S/C20H31N3OS/c1-17-2-4-18(5-3-17)16-21-20(24)6-9-22-10-12-23(13-11-22)19-7-14-25-15-8-19/h2-5,19H,6-16H2,1H3,(H,21,24). The summed E-state index contributed by atoms with van der Waals surface area (Å²) in [6.07, 6.45) is 3.31. The van der Waals surface area contributed by atoms with Crippen molar-refractivity contribution < 1.29 is 4.79 Å². The number of nitrogens with zero attached hydrogens (tertiary/aromatic N) is 2. The predicted molar refractivity (Wildman–Crippen MR) is 106 cm³/mol. The van der Waals surface area contributed by atoms with E-state index in [0.717, 1.165) is 25.7 Å². The monoisotopic (exact) mass is 361 g/mol. The second-order valence-corrected chi connectivity index (χ2v) is 8.46. The fourth-order valence-electron chi connectivity index (χ4n) is 3.66. The molecule has 138 valence electrons. The van der Waals surface area contributed by atoms with Crippen LogP contribution in [0.15, 0.2) is 24.3 Å². The maximum Gasteiger partial charge on any atom is 0.221 e. The number of thioether (sulfide) groups is 1. The van der Waals surface area contributed by atoms with Crippen molar-refractivity contribution in [2.45, 2.75) is 38.8 Å². The molecule has 4 nitrogen and oxygen atoms in total. The van der Waals surface area contributed by atoms with Crippen molar-refractivity contribution in [2.24, 2.45) is 0 Å². The van der Waals surface area contributed by atoms with Crippen LogP contribution in [-0.2, 0) is 11.3 Å². The molecule has 1 N–H and O–H groups in total. The molecule has 2 aliphatic rings. The minimum Gasteiger partial charge on any atom is -0.352 e. The summed E-state index contributed by atoms with van der Waals surface area (Å²) in [7, 11) is 0. The highest BCUT2D eigenvalue weighted by atomic mass is 32.2. The van der Waals surface area contributed by atoms with Crippen LogP contribution in [0.25, 0.3) is 0 Å². The van der Waals surface area contributed by atoms with Gasteiger partial charge in [-0.3, -0.25) is 9.69 Å². The van der Waals surface area contributed by atoms with Crippen LogP contribution in [-0.4, -0.2) is 66.0 Å². The van der Waals surface area contributed by atoms with Gasteiger partial charge in [0.2, 0.25) is 5.91 Å². The van der Waals surface area contributed by atoms with Crippen LogP contribution < -0.4 is 5.32 Å². The lowest BCUT2D eigenvalue weighted by atomic mass is 10.1. The Labute approximate surface area is 156 Å². The first-order valence-corrected chi connectivity index (χ1v) is 10.7. The van der Waals surface area contributed by atoms with Crippen molar-refractivity contribution in [2.75, 3.05) is 44.2 Å². The molecule has 0 radical (unpaired) electrons. The van der Waals surface area contributed by atoms with Crippen molar-refractivity contribution >= 4 is 17.7 Å². The number of hydrogen-bond donors (Lipinski definition) is 1. The van der Waals surface area contributed by atoms with Crippen molar-refractivity contribution in [1.29, 1.82) is 0 Å². The SMILES string of the molecule is Cc1ccc(CNC(=O)CCN2CCN(C3CCSCC3)CC2)cc1. The van der Waals surface area contributed by atoms with E-state index in [2.05, 4.69) is 58.1 Å². The van der Waals surface area contributed by atoms with Crippen molar-refractivity contribution in [3.05, 3.63) is 35.4 Å². The fraction of sp³-hybridized carbons (Fsp3) is 0.650. The van der Waals surface area contributed by atoms with Gasteiger partial charge >= 0.3 is 0 Å². The molecule has 1 aromatic carbocycles. The van der Waals surface area contributed by atoms with Gasteiger partial charge in [-0.05, 0) is 36.8 Å². The number of benzene rings is 1. The lowest BCUT2D eigenvalue weighted by molar-refractivity contribution is -0.121. The van der Waals surface area contributed by atoms with Crippen LogP contribution in [0.5, 0.6) is 0 Å². The van der Waals surface area contributed by atoms with Gasteiger partial charge in [0.05, 0.1) is 0 Å². The van der Waals surface area contributed by atoms with E-state index in [1.165, 1.54) is 48.6 Å². The fourth-order valence-corrected chi connectivity index (χ4v) is 4.74. The Balaban J connectivity index is 1.31. The molecule has 0 atom stereocenters. The van der Waals surface area contributed by atoms with Gasteiger partial charge < -0.3 is 10.2 Å². The minimum atomic E-state index is 0.160. The quantitative estimate of drug-likeness (QED) is 0.845. The number of piperazine rings is 1. The summed E-state index contributed by atoms with van der Waals surface area (Å²) in [5, 5.41) is 3.04. The molecule has 0 bridgehead atoms. The third kappa shape index (κ3) is 6.01. The van der Waals surface area contributed by atoms with Gasteiger partial charge in [0.25, 0.3) is 0 Å². The van der Waals surface area contributed by atoms with E-state index in [4.69, 9.17) is 0 Å². The van der Waals surface area contributed by atoms with E-state index in [0.29, 0.717) is 13.0 Å². The molecule has 1 amide bonds. The average Bonchev–Trinajstić information content (AvgIpc) is 2.67. The number of carbonyl (C=O) groups is 1. The normalized spacial score (nSPS) is 20.5. The summed E-state index contributed by atoms with van der Waals surface area (Å²) in [6.45, 7) is 8.14. The molecular formula is C20H31N3OS. The van der Waals surface area contributed by atoms with Crippen molar-refractivity contribution in [3.8, 4) is 0 Å². The van der Waals surface area contributed by atoms with Crippen LogP contribution in [0.3, 0.4) is 0 Å². The number of rotatable bonds is 6. The second-order valence-electron chi connectivity index (χ2n) is 7.23. The van der Waals surface area contributed by atoms with Crippen LogP contribution >= 0.6 is 11.8 Å². The van der Waals surface area contributed by atoms with Gasteiger partial charge in [-0.15, -0.1) is 0 Å². The maximum absolute atomic E-state index is 12.1. The molecule has 2 fully saturated rings. The van der Waals surface area contributed by atoms with Gasteiger partial charge in [0.15, 0.2) is 0 Å². The number of amides is 1. The van der Waals surface area contributed by atoms with Crippen LogP contribution in [0.4, 0.5) is 0 Å². The molecule has 5 heteroatoms. The maximum atomic E-state index is 12.1. The van der Waals surface area contributed by atoms with Crippen LogP contribution in [0.2, 0.25) is 0 Å². The molecule has 0 saturated carbocycles. The molecule has 2 aliphatic heterocycles. The number of carbonyl (C=O) groups excluding carboxylic acids is 1. The zero-order valence-electron chi connectivity index (χ0n) is 15.4. The smallest absolute Gasteiger partial charge is 0.221 e. The van der Waals surface area contributed by atoms with Gasteiger partial charge in [0.1, 0.15) is 0 Å². The largest absolute Gasteiger partial charge is 0.352 e. The van der Waals surface area contributed by atoms with E-state index in [1.54, 1.807) is 0 Å². The summed E-state index contributed by atoms with van der Waals surface area (Å²) in [4.78, 5) is 17.2. The first-order chi connectivity index (χ1) is 12.2. The highest BCUT2D eigenvalue weighted by Crippen LogP contribution is 2.22. The number of nitrogens with one attached hydrogen (secondary N) is 1. The molecular weight excluding hydrogens is 330 g/mol. The molecule has 2 heterocycles. The van der Waals surface area contributed by atoms with Crippen molar-refractivity contribution in [1.82, 2.24) is 15.1 Å². The van der Waals surface area contributed by atoms with Crippen LogP contribution in [0, 0.1) is 6.92 Å². The first-order valence-electron chi connectivity index (χ1n) is 9.57. The Hall–Kier alpha value is -1.04. The zero-order valence-corrected chi connectivity index (χ0v) is 16.2. The highest BCUT2D eigenvalue weighted by molar-refractivity contribution is 7.99. The third-order valence-electron chi connectivity index (χ3n) is 5.38. The van der Waals surface area contributed by atoms with E-state index in [9.17, 15) is 4.79 Å². The summed E-state index contributed by atoms with van der Waals surface area (Å²) >= 11 is 2.10. The molecule has 25 heavy (non-hydrogen) atoms. The Bertz CT molecular complexity index is 534.